The van der Waals surface area contributed by atoms with E-state index >= 15 is 0 Å². The lowest BCUT2D eigenvalue weighted by atomic mass is 10.1. The molecule has 3 heterocycles. The van der Waals surface area contributed by atoms with E-state index in [1.807, 2.05) is 30.5 Å². The molecule has 0 aliphatic heterocycles. The molecule has 0 saturated carbocycles. The van der Waals surface area contributed by atoms with Crippen LogP contribution in [-0.2, 0) is 13.0 Å². The van der Waals surface area contributed by atoms with Crippen molar-refractivity contribution in [1.82, 2.24) is 9.55 Å². The fraction of sp³-hybridized carbons (Fsp3) is 0.125. The smallest absolute Gasteiger partial charge is 0.336 e. The van der Waals surface area contributed by atoms with Crippen LogP contribution in [0.5, 0.6) is 0 Å². The van der Waals surface area contributed by atoms with Crippen LogP contribution in [0.3, 0.4) is 0 Å². The fourth-order valence-electron chi connectivity index (χ4n) is 3.73. The summed E-state index contributed by atoms with van der Waals surface area (Å²) < 4.78 is 20.2. The minimum absolute atomic E-state index is 0.189. The number of benzene rings is 2. The number of hydrogen-bond donors (Lipinski definition) is 0. The SMILES string of the molecule is CCc1ccc2c(Cn3cnc4scc(-c5ccc(F)cc5)c4c3=O)cc(=O)oc2c1. The van der Waals surface area contributed by atoms with Gasteiger partial charge in [0, 0.05) is 22.4 Å². The number of aromatic nitrogens is 2. The van der Waals surface area contributed by atoms with E-state index in [0.29, 0.717) is 21.4 Å². The number of thiophene rings is 1. The second-order valence-electron chi connectivity index (χ2n) is 7.29. The number of hydrogen-bond acceptors (Lipinski definition) is 5. The molecule has 0 N–H and O–H groups in total. The van der Waals surface area contributed by atoms with E-state index in [0.717, 1.165) is 28.5 Å². The normalized spacial score (nSPS) is 11.4. The highest BCUT2D eigenvalue weighted by atomic mass is 32.1. The second-order valence-corrected chi connectivity index (χ2v) is 8.15. The standard InChI is InChI=1S/C24H17FN2O3S/c1-2-14-3-8-18-16(10-21(28)30-20(18)9-14)11-27-13-26-23-22(24(27)29)19(12-31-23)15-4-6-17(25)7-5-15/h3-10,12-13H,2,11H2,1H3. The minimum atomic E-state index is -0.458. The lowest BCUT2D eigenvalue weighted by molar-refractivity contribution is 0.557. The lowest BCUT2D eigenvalue weighted by Crippen LogP contribution is -2.21. The highest BCUT2D eigenvalue weighted by Gasteiger charge is 2.15. The molecule has 5 aromatic rings. The second kappa shape index (κ2) is 7.59. The largest absolute Gasteiger partial charge is 0.423 e. The first-order chi connectivity index (χ1) is 15.0. The van der Waals surface area contributed by atoms with Crippen LogP contribution in [-0.4, -0.2) is 9.55 Å². The Morgan fingerprint density at radius 2 is 1.90 bits per heavy atom. The number of rotatable bonds is 4. The van der Waals surface area contributed by atoms with E-state index < -0.39 is 5.63 Å². The molecule has 0 unspecified atom stereocenters. The van der Waals surface area contributed by atoms with E-state index in [1.54, 1.807) is 12.1 Å². The summed E-state index contributed by atoms with van der Waals surface area (Å²) in [6, 6.07) is 13.2. The van der Waals surface area contributed by atoms with Gasteiger partial charge in [-0.15, -0.1) is 11.3 Å². The van der Waals surface area contributed by atoms with E-state index in [-0.39, 0.29) is 17.9 Å². The van der Waals surface area contributed by atoms with Gasteiger partial charge in [-0.3, -0.25) is 9.36 Å². The van der Waals surface area contributed by atoms with Crippen molar-refractivity contribution >= 4 is 32.5 Å². The number of nitrogens with zero attached hydrogens (tertiary/aromatic N) is 2. The van der Waals surface area contributed by atoms with Gasteiger partial charge in [-0.05, 0) is 41.3 Å². The van der Waals surface area contributed by atoms with Crippen LogP contribution < -0.4 is 11.2 Å². The van der Waals surface area contributed by atoms with Gasteiger partial charge in [0.25, 0.3) is 5.56 Å². The molecule has 0 radical (unpaired) electrons. The van der Waals surface area contributed by atoms with Crippen LogP contribution in [0.15, 0.2) is 74.2 Å². The molecule has 0 amide bonds. The van der Waals surface area contributed by atoms with Crippen molar-refractivity contribution in [3.63, 3.8) is 0 Å². The number of halogens is 1. The van der Waals surface area contributed by atoms with Gasteiger partial charge >= 0.3 is 5.63 Å². The highest BCUT2D eigenvalue weighted by Crippen LogP contribution is 2.30. The summed E-state index contributed by atoms with van der Waals surface area (Å²) in [6.45, 7) is 2.22. The fourth-order valence-corrected chi connectivity index (χ4v) is 4.64. The Morgan fingerprint density at radius 1 is 1.10 bits per heavy atom. The molecule has 0 saturated heterocycles. The van der Waals surface area contributed by atoms with Crippen molar-refractivity contribution in [2.45, 2.75) is 19.9 Å². The molecule has 31 heavy (non-hydrogen) atoms. The summed E-state index contributed by atoms with van der Waals surface area (Å²) in [4.78, 5) is 30.5. The molecule has 0 spiro atoms. The van der Waals surface area contributed by atoms with Crippen molar-refractivity contribution in [3.05, 3.63) is 98.0 Å². The molecule has 2 aromatic carbocycles. The Morgan fingerprint density at radius 3 is 2.68 bits per heavy atom. The van der Waals surface area contributed by atoms with Crippen LogP contribution in [0.1, 0.15) is 18.1 Å². The van der Waals surface area contributed by atoms with Gasteiger partial charge in [0.15, 0.2) is 0 Å². The minimum Gasteiger partial charge on any atom is -0.423 e. The first-order valence-electron chi connectivity index (χ1n) is 9.81. The average Bonchev–Trinajstić information content (AvgIpc) is 3.20. The third kappa shape index (κ3) is 3.47. The zero-order chi connectivity index (χ0) is 21.5. The van der Waals surface area contributed by atoms with Crippen molar-refractivity contribution in [1.29, 1.82) is 0 Å². The Kier molecular flexibility index (Phi) is 4.75. The predicted octanol–water partition coefficient (Wildman–Crippen LogP) is 4.98. The van der Waals surface area contributed by atoms with Crippen LogP contribution in [0.2, 0.25) is 0 Å². The summed E-state index contributed by atoms with van der Waals surface area (Å²) in [7, 11) is 0. The Balaban J connectivity index is 1.64. The number of aryl methyl sites for hydroxylation is 1. The van der Waals surface area contributed by atoms with Crippen molar-refractivity contribution in [2.24, 2.45) is 0 Å². The maximum absolute atomic E-state index is 13.3. The average molecular weight is 432 g/mol. The van der Waals surface area contributed by atoms with E-state index in [9.17, 15) is 14.0 Å². The molecule has 0 bridgehead atoms. The van der Waals surface area contributed by atoms with Crippen LogP contribution >= 0.6 is 11.3 Å². The van der Waals surface area contributed by atoms with Crippen molar-refractivity contribution in [2.75, 3.05) is 0 Å². The van der Waals surface area contributed by atoms with Crippen LogP contribution in [0.25, 0.3) is 32.3 Å². The Labute approximate surface area is 180 Å². The lowest BCUT2D eigenvalue weighted by Gasteiger charge is -2.09. The topological polar surface area (TPSA) is 65.1 Å². The van der Waals surface area contributed by atoms with Gasteiger partial charge in [-0.2, -0.15) is 0 Å². The maximum Gasteiger partial charge on any atom is 0.336 e. The van der Waals surface area contributed by atoms with E-state index in [2.05, 4.69) is 4.98 Å². The molecule has 0 atom stereocenters. The first-order valence-corrected chi connectivity index (χ1v) is 10.7. The molecule has 154 valence electrons. The summed E-state index contributed by atoms with van der Waals surface area (Å²) in [5.74, 6) is -0.333. The number of fused-ring (bicyclic) bond motifs is 2. The molecule has 3 aromatic heterocycles. The highest BCUT2D eigenvalue weighted by molar-refractivity contribution is 7.17. The summed E-state index contributed by atoms with van der Waals surface area (Å²) >= 11 is 1.37. The van der Waals surface area contributed by atoms with Crippen molar-refractivity contribution < 1.29 is 8.81 Å². The summed E-state index contributed by atoms with van der Waals surface area (Å²) in [5.41, 5.74) is 3.06. The molecule has 5 rings (SSSR count). The third-order valence-corrected chi connectivity index (χ3v) is 6.25. The van der Waals surface area contributed by atoms with Gasteiger partial charge in [0.1, 0.15) is 16.2 Å². The summed E-state index contributed by atoms with van der Waals surface area (Å²) in [6.07, 6.45) is 2.32. The van der Waals surface area contributed by atoms with Gasteiger partial charge in [-0.25, -0.2) is 14.2 Å². The Hall–Kier alpha value is -3.58. The van der Waals surface area contributed by atoms with Crippen LogP contribution in [0, 0.1) is 5.82 Å². The first kappa shape index (κ1) is 19.4. The molecular formula is C24H17FN2O3S. The van der Waals surface area contributed by atoms with Gasteiger partial charge in [-0.1, -0.05) is 31.2 Å². The van der Waals surface area contributed by atoms with Gasteiger partial charge in [0.05, 0.1) is 18.3 Å². The molecular weight excluding hydrogens is 415 g/mol. The maximum atomic E-state index is 13.3. The predicted molar refractivity (Wildman–Crippen MR) is 120 cm³/mol. The van der Waals surface area contributed by atoms with Gasteiger partial charge in [0.2, 0.25) is 0 Å². The monoisotopic (exact) mass is 432 g/mol. The summed E-state index contributed by atoms with van der Waals surface area (Å²) in [5, 5.41) is 3.13. The Bertz CT molecular complexity index is 1550. The third-order valence-electron chi connectivity index (χ3n) is 5.36. The molecule has 0 aliphatic carbocycles. The van der Waals surface area contributed by atoms with Crippen LogP contribution in [0.4, 0.5) is 4.39 Å². The van der Waals surface area contributed by atoms with E-state index in [4.69, 9.17) is 4.42 Å². The molecule has 0 fully saturated rings. The quantitative estimate of drug-likeness (QED) is 0.376. The zero-order valence-electron chi connectivity index (χ0n) is 16.6. The zero-order valence-corrected chi connectivity index (χ0v) is 17.4. The van der Waals surface area contributed by atoms with Gasteiger partial charge < -0.3 is 4.42 Å². The van der Waals surface area contributed by atoms with Crippen molar-refractivity contribution in [3.8, 4) is 11.1 Å². The van der Waals surface area contributed by atoms with E-state index in [1.165, 1.54) is 40.4 Å². The molecule has 5 nitrogen and oxygen atoms in total. The molecule has 7 heteroatoms. The molecule has 0 aliphatic rings.